The number of hydrogen-bond donors (Lipinski definition) is 0. The standard InChI is InChI=1S/C16H20BrN3O/c1-10(2)5-8-14-18-13-7-6-11(17)9-12(13)15(19-14)16(21)20(3)4/h6-7,9-10H,5,8H2,1-4H3. The summed E-state index contributed by atoms with van der Waals surface area (Å²) in [5.41, 5.74) is 1.29. The summed E-state index contributed by atoms with van der Waals surface area (Å²) >= 11 is 3.44. The minimum atomic E-state index is -0.0914. The highest BCUT2D eigenvalue weighted by Gasteiger charge is 2.17. The lowest BCUT2D eigenvalue weighted by Gasteiger charge is -2.13. The molecule has 4 nitrogen and oxygen atoms in total. The van der Waals surface area contributed by atoms with Crippen molar-refractivity contribution in [1.29, 1.82) is 0 Å². The highest BCUT2D eigenvalue weighted by molar-refractivity contribution is 9.10. The Bertz CT molecular complexity index is 668. The zero-order valence-electron chi connectivity index (χ0n) is 12.9. The van der Waals surface area contributed by atoms with Crippen LogP contribution in [0.25, 0.3) is 10.9 Å². The molecular formula is C16H20BrN3O. The molecule has 1 amide bonds. The van der Waals surface area contributed by atoms with Gasteiger partial charge in [0.15, 0.2) is 0 Å². The van der Waals surface area contributed by atoms with E-state index < -0.39 is 0 Å². The van der Waals surface area contributed by atoms with Crippen LogP contribution in [0.3, 0.4) is 0 Å². The average Bonchev–Trinajstić information content (AvgIpc) is 2.43. The van der Waals surface area contributed by atoms with Crippen molar-refractivity contribution >= 4 is 32.7 Å². The first-order valence-corrected chi connectivity index (χ1v) is 7.85. The number of carbonyl (C=O) groups is 1. The molecule has 0 aliphatic carbocycles. The Morgan fingerprint density at radius 2 is 2.00 bits per heavy atom. The molecule has 2 rings (SSSR count). The average molecular weight is 350 g/mol. The minimum absolute atomic E-state index is 0.0914. The van der Waals surface area contributed by atoms with E-state index in [0.29, 0.717) is 11.6 Å². The lowest BCUT2D eigenvalue weighted by molar-refractivity contribution is 0.0823. The molecule has 0 bridgehead atoms. The highest BCUT2D eigenvalue weighted by atomic mass is 79.9. The van der Waals surface area contributed by atoms with E-state index in [9.17, 15) is 4.79 Å². The van der Waals surface area contributed by atoms with Gasteiger partial charge in [-0.15, -0.1) is 0 Å². The first-order valence-electron chi connectivity index (χ1n) is 7.06. The van der Waals surface area contributed by atoms with E-state index in [2.05, 4.69) is 39.7 Å². The second kappa shape index (κ2) is 6.52. The molecule has 112 valence electrons. The van der Waals surface area contributed by atoms with Crippen LogP contribution in [0, 0.1) is 5.92 Å². The molecule has 0 saturated carbocycles. The molecule has 21 heavy (non-hydrogen) atoms. The van der Waals surface area contributed by atoms with Crippen LogP contribution in [0.2, 0.25) is 0 Å². The van der Waals surface area contributed by atoms with Gasteiger partial charge in [0.2, 0.25) is 0 Å². The fourth-order valence-corrected chi connectivity index (χ4v) is 2.41. The number of aromatic nitrogens is 2. The summed E-state index contributed by atoms with van der Waals surface area (Å²) in [5, 5.41) is 0.788. The van der Waals surface area contributed by atoms with E-state index in [4.69, 9.17) is 0 Å². The smallest absolute Gasteiger partial charge is 0.272 e. The number of hydrogen-bond acceptors (Lipinski definition) is 3. The van der Waals surface area contributed by atoms with Crippen molar-refractivity contribution in [3.05, 3.63) is 34.2 Å². The van der Waals surface area contributed by atoms with Gasteiger partial charge in [0, 0.05) is 30.4 Å². The summed E-state index contributed by atoms with van der Waals surface area (Å²) in [4.78, 5) is 23.0. The molecule has 0 N–H and O–H groups in total. The Morgan fingerprint density at radius 3 is 2.62 bits per heavy atom. The van der Waals surface area contributed by atoms with Gasteiger partial charge in [-0.1, -0.05) is 29.8 Å². The Hall–Kier alpha value is -1.49. The minimum Gasteiger partial charge on any atom is -0.343 e. The second-order valence-electron chi connectivity index (χ2n) is 5.78. The SMILES string of the molecule is CC(C)CCc1nc(C(=O)N(C)C)c2cc(Br)ccc2n1. The van der Waals surface area contributed by atoms with Crippen LogP contribution in [-0.4, -0.2) is 34.9 Å². The molecule has 0 aliphatic heterocycles. The maximum absolute atomic E-state index is 12.4. The number of halogens is 1. The van der Waals surface area contributed by atoms with Crippen molar-refractivity contribution in [3.63, 3.8) is 0 Å². The maximum Gasteiger partial charge on any atom is 0.272 e. The lowest BCUT2D eigenvalue weighted by Crippen LogP contribution is -2.24. The van der Waals surface area contributed by atoms with Gasteiger partial charge in [0.1, 0.15) is 11.5 Å². The normalized spacial score (nSPS) is 11.1. The zero-order chi connectivity index (χ0) is 15.6. The van der Waals surface area contributed by atoms with E-state index in [-0.39, 0.29) is 5.91 Å². The highest BCUT2D eigenvalue weighted by Crippen LogP contribution is 2.22. The van der Waals surface area contributed by atoms with Crippen LogP contribution in [0.5, 0.6) is 0 Å². The number of benzene rings is 1. The molecule has 1 heterocycles. The largest absolute Gasteiger partial charge is 0.343 e. The molecule has 0 atom stereocenters. The van der Waals surface area contributed by atoms with Crippen LogP contribution in [0.4, 0.5) is 0 Å². The fraction of sp³-hybridized carbons (Fsp3) is 0.438. The summed E-state index contributed by atoms with van der Waals surface area (Å²) in [6.45, 7) is 4.34. The van der Waals surface area contributed by atoms with Gasteiger partial charge < -0.3 is 4.90 Å². The predicted octanol–water partition coefficient (Wildman–Crippen LogP) is 3.68. The summed E-state index contributed by atoms with van der Waals surface area (Å²) < 4.78 is 0.918. The van der Waals surface area contributed by atoms with E-state index in [1.165, 1.54) is 0 Å². The topological polar surface area (TPSA) is 46.1 Å². The molecular weight excluding hydrogens is 330 g/mol. The van der Waals surface area contributed by atoms with Crippen LogP contribution >= 0.6 is 15.9 Å². The molecule has 0 spiro atoms. The number of carbonyl (C=O) groups excluding carboxylic acids is 1. The number of aryl methyl sites for hydroxylation is 1. The third-order valence-corrected chi connectivity index (χ3v) is 3.75. The van der Waals surface area contributed by atoms with Gasteiger partial charge >= 0.3 is 0 Å². The van der Waals surface area contributed by atoms with Crippen molar-refractivity contribution < 1.29 is 4.79 Å². The number of fused-ring (bicyclic) bond motifs is 1. The van der Waals surface area contributed by atoms with Crippen LogP contribution in [0.1, 0.15) is 36.6 Å². The third-order valence-electron chi connectivity index (χ3n) is 3.26. The monoisotopic (exact) mass is 349 g/mol. The Kier molecular flexibility index (Phi) is 4.93. The quantitative estimate of drug-likeness (QED) is 0.845. The van der Waals surface area contributed by atoms with E-state index in [0.717, 1.165) is 34.0 Å². The number of nitrogens with zero attached hydrogens (tertiary/aromatic N) is 3. The summed E-state index contributed by atoms with van der Waals surface area (Å²) in [7, 11) is 3.48. The van der Waals surface area contributed by atoms with Crippen LogP contribution in [-0.2, 0) is 6.42 Å². The molecule has 5 heteroatoms. The van der Waals surface area contributed by atoms with Crippen molar-refractivity contribution in [2.24, 2.45) is 5.92 Å². The molecule has 1 aromatic heterocycles. The van der Waals surface area contributed by atoms with Gasteiger partial charge in [-0.3, -0.25) is 4.79 Å². The fourth-order valence-electron chi connectivity index (χ4n) is 2.05. The number of rotatable bonds is 4. The predicted molar refractivity (Wildman–Crippen MR) is 88.4 cm³/mol. The second-order valence-corrected chi connectivity index (χ2v) is 6.70. The lowest BCUT2D eigenvalue weighted by atomic mass is 10.1. The molecule has 0 aliphatic rings. The van der Waals surface area contributed by atoms with Crippen LogP contribution in [0.15, 0.2) is 22.7 Å². The zero-order valence-corrected chi connectivity index (χ0v) is 14.4. The molecule has 0 fully saturated rings. The number of amides is 1. The van der Waals surface area contributed by atoms with Gasteiger partial charge in [-0.2, -0.15) is 0 Å². The van der Waals surface area contributed by atoms with Crippen molar-refractivity contribution in [2.75, 3.05) is 14.1 Å². The van der Waals surface area contributed by atoms with Crippen molar-refractivity contribution in [3.8, 4) is 0 Å². The third kappa shape index (κ3) is 3.79. The van der Waals surface area contributed by atoms with Crippen LogP contribution < -0.4 is 0 Å². The molecule has 0 radical (unpaired) electrons. The summed E-state index contributed by atoms with van der Waals surface area (Å²) in [6.07, 6.45) is 1.80. The Labute approximate surface area is 133 Å². The molecule has 0 saturated heterocycles. The van der Waals surface area contributed by atoms with E-state index in [1.807, 2.05) is 18.2 Å². The maximum atomic E-state index is 12.4. The molecule has 2 aromatic rings. The summed E-state index contributed by atoms with van der Waals surface area (Å²) in [6, 6.07) is 5.76. The van der Waals surface area contributed by atoms with Gasteiger partial charge in [-0.05, 0) is 30.5 Å². The summed E-state index contributed by atoms with van der Waals surface area (Å²) in [5.74, 6) is 1.23. The van der Waals surface area contributed by atoms with Gasteiger partial charge in [0.05, 0.1) is 5.52 Å². The first-order chi connectivity index (χ1) is 9.88. The Morgan fingerprint density at radius 1 is 1.29 bits per heavy atom. The molecule has 1 aromatic carbocycles. The van der Waals surface area contributed by atoms with Crippen molar-refractivity contribution in [2.45, 2.75) is 26.7 Å². The first kappa shape index (κ1) is 15.9. The van der Waals surface area contributed by atoms with Gasteiger partial charge in [-0.25, -0.2) is 9.97 Å². The van der Waals surface area contributed by atoms with Crippen molar-refractivity contribution in [1.82, 2.24) is 14.9 Å². The molecule has 0 unspecified atom stereocenters. The van der Waals surface area contributed by atoms with E-state index in [1.54, 1.807) is 19.0 Å². The van der Waals surface area contributed by atoms with E-state index >= 15 is 0 Å². The Balaban J connectivity index is 2.55. The van der Waals surface area contributed by atoms with Gasteiger partial charge in [0.25, 0.3) is 5.91 Å².